The molecule has 6 aliphatic rings. The third kappa shape index (κ3) is 2.34. The quantitative estimate of drug-likeness (QED) is 0.570. The van der Waals surface area contributed by atoms with E-state index in [1.54, 1.807) is 0 Å². The summed E-state index contributed by atoms with van der Waals surface area (Å²) < 4.78 is 11.4. The maximum Gasteiger partial charge on any atom is 0.334 e. The van der Waals surface area contributed by atoms with Crippen molar-refractivity contribution in [2.75, 3.05) is 7.11 Å². The summed E-state index contributed by atoms with van der Waals surface area (Å²) in [5.74, 6) is 1.35. The number of hydrogen-bond donors (Lipinski definition) is 2. The molecule has 0 aromatic carbocycles. The van der Waals surface area contributed by atoms with E-state index < -0.39 is 12.2 Å². The molecule has 0 aromatic rings. The van der Waals surface area contributed by atoms with Crippen LogP contribution in [0.1, 0.15) is 86.0 Å². The van der Waals surface area contributed by atoms with Gasteiger partial charge in [-0.2, -0.15) is 0 Å². The van der Waals surface area contributed by atoms with Crippen molar-refractivity contribution in [1.82, 2.24) is 0 Å². The van der Waals surface area contributed by atoms with Gasteiger partial charge in [0.15, 0.2) is 6.10 Å². The number of carbonyl (C=O) groups is 1. The average Bonchev–Trinajstić information content (AvgIpc) is 3.41. The number of carbonyl (C=O) groups excluding carboxylic acids is 1. The Hall–Kier alpha value is -0.650. The highest BCUT2D eigenvalue weighted by Gasteiger charge is 2.84. The molecule has 6 fully saturated rings. The predicted molar refractivity (Wildman–Crippen MR) is 124 cm³/mol. The minimum atomic E-state index is -0.564. The van der Waals surface area contributed by atoms with Gasteiger partial charge in [0, 0.05) is 5.41 Å². The Kier molecular flexibility index (Phi) is 4.53. The molecule has 0 amide bonds. The second-order valence-corrected chi connectivity index (χ2v) is 14.0. The molecule has 1 aliphatic heterocycles. The van der Waals surface area contributed by atoms with Crippen LogP contribution in [0, 0.1) is 50.7 Å². The van der Waals surface area contributed by atoms with Crippen LogP contribution in [0.3, 0.4) is 0 Å². The van der Waals surface area contributed by atoms with Gasteiger partial charge in [0.2, 0.25) is 0 Å². The molecule has 2 N–H and O–H groups in total. The standard InChI is InChI=1S/C28H44O5/c1-15-13-16(23(31)32-6)33-21-20(15)25(4)11-12-28-14-27(28)10-9-19(29)24(2,3)17(27)7-8-18(28)26(25,5)22(21)30/h15-22,29-30H,7-14H2,1-6H3/t15?,16-,17+,18+,19+,20?,21+,22+,25-,26-,27?,28+/m1/s1. The highest BCUT2D eigenvalue weighted by molar-refractivity contribution is 5.74. The van der Waals surface area contributed by atoms with Crippen molar-refractivity contribution < 1.29 is 24.5 Å². The summed E-state index contributed by atoms with van der Waals surface area (Å²) in [6.45, 7) is 11.7. The van der Waals surface area contributed by atoms with Crippen molar-refractivity contribution in [1.29, 1.82) is 0 Å². The maximum atomic E-state index is 12.4. The van der Waals surface area contributed by atoms with Gasteiger partial charge >= 0.3 is 5.97 Å². The average molecular weight is 461 g/mol. The van der Waals surface area contributed by atoms with E-state index >= 15 is 0 Å². The lowest BCUT2D eigenvalue weighted by Gasteiger charge is -2.63. The zero-order valence-electron chi connectivity index (χ0n) is 21.4. The van der Waals surface area contributed by atoms with E-state index in [9.17, 15) is 15.0 Å². The Morgan fingerprint density at radius 1 is 0.970 bits per heavy atom. The van der Waals surface area contributed by atoms with Crippen molar-refractivity contribution in [2.24, 2.45) is 50.7 Å². The fourth-order valence-corrected chi connectivity index (χ4v) is 11.6. The fourth-order valence-electron chi connectivity index (χ4n) is 11.6. The first kappa shape index (κ1) is 22.8. The van der Waals surface area contributed by atoms with Crippen molar-refractivity contribution >= 4 is 5.97 Å². The first-order valence-corrected chi connectivity index (χ1v) is 13.5. The molecule has 6 rings (SSSR count). The summed E-state index contributed by atoms with van der Waals surface area (Å²) in [6.07, 6.45) is 7.09. The summed E-state index contributed by atoms with van der Waals surface area (Å²) >= 11 is 0. The van der Waals surface area contributed by atoms with Crippen LogP contribution in [0.2, 0.25) is 0 Å². The van der Waals surface area contributed by atoms with Crippen molar-refractivity contribution in [2.45, 2.75) is 110 Å². The summed E-state index contributed by atoms with van der Waals surface area (Å²) in [5, 5.41) is 22.9. The van der Waals surface area contributed by atoms with E-state index in [1.165, 1.54) is 20.0 Å². The Bertz CT molecular complexity index is 870. The molecule has 1 heterocycles. The molecule has 2 spiro atoms. The number of ether oxygens (including phenoxy) is 2. The third-order valence-electron chi connectivity index (χ3n) is 13.2. The predicted octanol–water partition coefficient (Wildman–Crippen LogP) is 4.33. The van der Waals surface area contributed by atoms with E-state index in [1.807, 2.05) is 0 Å². The van der Waals surface area contributed by atoms with Gasteiger partial charge in [-0.15, -0.1) is 0 Å². The normalized spacial score (nSPS) is 60.5. The molecule has 0 radical (unpaired) electrons. The highest BCUT2D eigenvalue weighted by Crippen LogP contribution is 2.89. The molecular weight excluding hydrogens is 416 g/mol. The maximum absolute atomic E-state index is 12.4. The van der Waals surface area contributed by atoms with Crippen LogP contribution >= 0.6 is 0 Å². The van der Waals surface area contributed by atoms with E-state index in [0.29, 0.717) is 35.0 Å². The number of aliphatic hydroxyl groups is 2. The van der Waals surface area contributed by atoms with Gasteiger partial charge in [0.25, 0.3) is 0 Å². The lowest BCUT2D eigenvalue weighted by Crippen LogP contribution is -2.59. The Morgan fingerprint density at radius 3 is 2.33 bits per heavy atom. The molecule has 33 heavy (non-hydrogen) atoms. The molecule has 0 bridgehead atoms. The molecule has 0 aromatic heterocycles. The van der Waals surface area contributed by atoms with Gasteiger partial charge in [0.1, 0.15) is 0 Å². The number of methoxy groups -OCH3 is 1. The van der Waals surface area contributed by atoms with Gasteiger partial charge in [-0.25, -0.2) is 4.79 Å². The smallest absolute Gasteiger partial charge is 0.334 e. The van der Waals surface area contributed by atoms with Crippen LogP contribution < -0.4 is 0 Å². The monoisotopic (exact) mass is 460 g/mol. The van der Waals surface area contributed by atoms with Crippen LogP contribution in [0.4, 0.5) is 0 Å². The van der Waals surface area contributed by atoms with E-state index in [0.717, 1.165) is 32.1 Å². The second-order valence-electron chi connectivity index (χ2n) is 14.0. The molecule has 5 heteroatoms. The number of fused-ring (bicyclic) bond motifs is 4. The van der Waals surface area contributed by atoms with Gasteiger partial charge in [-0.05, 0) is 96.7 Å². The first-order valence-electron chi connectivity index (χ1n) is 13.5. The van der Waals surface area contributed by atoms with Crippen LogP contribution in [0.5, 0.6) is 0 Å². The van der Waals surface area contributed by atoms with E-state index in [4.69, 9.17) is 9.47 Å². The summed E-state index contributed by atoms with van der Waals surface area (Å²) in [7, 11) is 1.42. The minimum absolute atomic E-state index is 0.00776. The van der Waals surface area contributed by atoms with Crippen LogP contribution in [0.25, 0.3) is 0 Å². The number of rotatable bonds is 1. The van der Waals surface area contributed by atoms with E-state index in [2.05, 4.69) is 34.6 Å². The summed E-state index contributed by atoms with van der Waals surface area (Å²) in [4.78, 5) is 12.4. The van der Waals surface area contributed by atoms with Crippen molar-refractivity contribution in [3.8, 4) is 0 Å². The Labute approximate surface area is 199 Å². The molecule has 3 unspecified atom stereocenters. The molecule has 5 aliphatic carbocycles. The zero-order chi connectivity index (χ0) is 23.8. The largest absolute Gasteiger partial charge is 0.467 e. The van der Waals surface area contributed by atoms with Gasteiger partial charge in [0.05, 0.1) is 25.4 Å². The molecule has 5 saturated carbocycles. The molecule has 5 nitrogen and oxygen atoms in total. The summed E-state index contributed by atoms with van der Waals surface area (Å²) in [6, 6.07) is 0. The lowest BCUT2D eigenvalue weighted by atomic mass is 9.41. The minimum Gasteiger partial charge on any atom is -0.467 e. The van der Waals surface area contributed by atoms with Crippen LogP contribution in [-0.2, 0) is 14.3 Å². The second kappa shape index (κ2) is 6.56. The Balaban J connectivity index is 1.39. The van der Waals surface area contributed by atoms with E-state index in [-0.39, 0.29) is 40.3 Å². The number of hydrogen-bond acceptors (Lipinski definition) is 5. The van der Waals surface area contributed by atoms with Gasteiger partial charge in [-0.3, -0.25) is 0 Å². The SMILES string of the molecule is COC(=O)[C@H]1CC(C)C2[C@H](O1)[C@H](O)[C@@]1(C)[C@@H]3CC[C@H]4C(C)(C)[C@@H](O)CCC45C[C@@]35CC[C@]21C. The highest BCUT2D eigenvalue weighted by atomic mass is 16.6. The molecule has 12 atom stereocenters. The fraction of sp³-hybridized carbons (Fsp3) is 0.964. The lowest BCUT2D eigenvalue weighted by molar-refractivity contribution is -0.184. The van der Waals surface area contributed by atoms with Gasteiger partial charge in [-0.1, -0.05) is 34.6 Å². The van der Waals surface area contributed by atoms with Crippen molar-refractivity contribution in [3.63, 3.8) is 0 Å². The zero-order valence-corrected chi connectivity index (χ0v) is 21.4. The molecule has 1 saturated heterocycles. The number of aliphatic hydroxyl groups excluding tert-OH is 2. The van der Waals surface area contributed by atoms with Gasteiger partial charge < -0.3 is 19.7 Å². The first-order chi connectivity index (χ1) is 15.4. The number of esters is 1. The Morgan fingerprint density at radius 2 is 1.64 bits per heavy atom. The van der Waals surface area contributed by atoms with Crippen molar-refractivity contribution in [3.05, 3.63) is 0 Å². The molecule has 186 valence electrons. The summed E-state index contributed by atoms with van der Waals surface area (Å²) in [5.41, 5.74) is 0.420. The third-order valence-corrected chi connectivity index (χ3v) is 13.2. The molecular formula is C28H44O5. The van der Waals surface area contributed by atoms with Crippen LogP contribution in [-0.4, -0.2) is 47.7 Å². The topological polar surface area (TPSA) is 76.0 Å². The van der Waals surface area contributed by atoms with Crippen LogP contribution in [0.15, 0.2) is 0 Å².